The Labute approximate surface area is 171 Å². The van der Waals surface area contributed by atoms with Crippen LogP contribution in [0, 0.1) is 5.92 Å². The average Bonchev–Trinajstić information content (AvgIpc) is 2.39. The molecule has 0 aromatic heterocycles. The van der Waals surface area contributed by atoms with Crippen LogP contribution < -0.4 is 59.1 Å². The van der Waals surface area contributed by atoms with Crippen molar-refractivity contribution in [2.24, 2.45) is 5.92 Å². The van der Waals surface area contributed by atoms with Gasteiger partial charge in [0.15, 0.2) is 0 Å². The summed E-state index contributed by atoms with van der Waals surface area (Å²) in [6, 6.07) is 0. The summed E-state index contributed by atoms with van der Waals surface area (Å²) in [6.07, 6.45) is 5.46. The summed E-state index contributed by atoms with van der Waals surface area (Å²) < 4.78 is 5.10. The molecule has 0 fully saturated rings. The van der Waals surface area contributed by atoms with Crippen molar-refractivity contribution >= 4 is 11.9 Å². The van der Waals surface area contributed by atoms with E-state index in [1.807, 2.05) is 6.92 Å². The first-order valence-electron chi connectivity index (χ1n) is 6.88. The quantitative estimate of drug-likeness (QED) is 0.411. The van der Waals surface area contributed by atoms with E-state index in [1.165, 1.54) is 19.3 Å². The Bertz CT molecular complexity index is 233. The number of carbonyl (C=O) groups excluding carboxylic acids is 1. The minimum atomic E-state index is -0.745. The van der Waals surface area contributed by atoms with Gasteiger partial charge in [-0.15, -0.1) is 0 Å². The number of aliphatic carboxylic acids is 1. The summed E-state index contributed by atoms with van der Waals surface area (Å²) in [5, 5.41) is 7.72. The average molecular weight is 308 g/mol. The molecule has 0 bridgehead atoms. The van der Waals surface area contributed by atoms with Gasteiger partial charge in [0, 0.05) is 12.8 Å². The number of esters is 1. The fourth-order valence-corrected chi connectivity index (χ4v) is 1.21. The van der Waals surface area contributed by atoms with Crippen molar-refractivity contribution in [3.63, 3.8) is 0 Å². The van der Waals surface area contributed by atoms with Crippen LogP contribution in [0.2, 0.25) is 0 Å². The topological polar surface area (TPSA) is 63.6 Å². The second-order valence-electron chi connectivity index (χ2n) is 4.20. The van der Waals surface area contributed by atoms with Crippen molar-refractivity contribution in [2.75, 3.05) is 6.61 Å². The Morgan fingerprint density at radius 1 is 1.10 bits per heavy atom. The van der Waals surface area contributed by atoms with E-state index in [-0.39, 0.29) is 74.4 Å². The summed E-state index contributed by atoms with van der Waals surface area (Å²) >= 11 is 0. The predicted molar refractivity (Wildman–Crippen MR) is 74.7 cm³/mol. The maximum atomic E-state index is 10.9. The van der Waals surface area contributed by atoms with Crippen LogP contribution in [0.25, 0.3) is 0 Å². The minimum absolute atomic E-state index is 0. The van der Waals surface area contributed by atoms with Crippen LogP contribution >= 0.6 is 0 Å². The van der Waals surface area contributed by atoms with Gasteiger partial charge in [-0.05, 0) is 12.3 Å². The van der Waals surface area contributed by atoms with Crippen LogP contribution in [0.4, 0.5) is 0 Å². The van der Waals surface area contributed by atoms with Crippen molar-refractivity contribution in [1.29, 1.82) is 0 Å². The molecule has 0 aromatic rings. The number of carbonyl (C=O) groups is 2. The fourth-order valence-electron chi connectivity index (χ4n) is 1.21. The van der Waals surface area contributed by atoms with Gasteiger partial charge in [-0.3, -0.25) is 9.59 Å². The third kappa shape index (κ3) is 24.0. The van der Waals surface area contributed by atoms with Crippen LogP contribution in [-0.2, 0) is 14.3 Å². The van der Waals surface area contributed by atoms with E-state index < -0.39 is 5.97 Å². The monoisotopic (exact) mass is 308 g/mol. The van der Waals surface area contributed by atoms with Gasteiger partial charge in [0.05, 0.1) is 6.61 Å². The smallest absolute Gasteiger partial charge is 1.00 e. The molecule has 4 nitrogen and oxygen atoms in total. The molecular formula is C14H30Na2O4. The van der Waals surface area contributed by atoms with Gasteiger partial charge in [0.1, 0.15) is 0 Å². The van der Waals surface area contributed by atoms with Crippen LogP contribution in [0.3, 0.4) is 0 Å². The second-order valence-corrected chi connectivity index (χ2v) is 4.20. The van der Waals surface area contributed by atoms with Gasteiger partial charge in [-0.25, -0.2) is 0 Å². The molecular weight excluding hydrogens is 278 g/mol. The summed E-state index contributed by atoms with van der Waals surface area (Å²) in [6.45, 7) is 8.38. The molecule has 0 amide bonds. The maximum absolute atomic E-state index is 10.9. The molecule has 0 spiro atoms. The molecule has 0 rings (SSSR count). The molecule has 20 heavy (non-hydrogen) atoms. The van der Waals surface area contributed by atoms with Crippen LogP contribution in [0.1, 0.15) is 69.1 Å². The zero-order valence-electron chi connectivity index (χ0n) is 16.2. The van der Waals surface area contributed by atoms with Gasteiger partial charge in [-0.2, -0.15) is 0 Å². The maximum Gasteiger partial charge on any atom is 1.00 e. The Kier molecular flexibility index (Phi) is 32.2. The van der Waals surface area contributed by atoms with Gasteiger partial charge in [-0.1, -0.05) is 47.0 Å². The normalized spacial score (nSPS) is 10.0. The third-order valence-electron chi connectivity index (χ3n) is 2.61. The number of ether oxygens (including phenoxy) is 1. The third-order valence-corrected chi connectivity index (χ3v) is 2.61. The number of carboxylic acid groups (broad SMARTS) is 1. The molecule has 0 aromatic carbocycles. The van der Waals surface area contributed by atoms with E-state index in [4.69, 9.17) is 9.84 Å². The predicted octanol–water partition coefficient (Wildman–Crippen LogP) is -2.13. The molecule has 0 aliphatic carbocycles. The number of unbranched alkanes of at least 4 members (excludes halogenated alkanes) is 1. The van der Waals surface area contributed by atoms with E-state index in [2.05, 4.69) is 13.8 Å². The molecule has 0 heterocycles. The van der Waals surface area contributed by atoms with Crippen molar-refractivity contribution < 1.29 is 81.4 Å². The van der Waals surface area contributed by atoms with Crippen LogP contribution in [0.15, 0.2) is 0 Å². The number of rotatable bonds is 8. The summed E-state index contributed by atoms with van der Waals surface area (Å²) in [5.74, 6) is -0.254. The zero-order chi connectivity index (χ0) is 14.4. The van der Waals surface area contributed by atoms with E-state index in [0.717, 1.165) is 6.42 Å². The Hall–Kier alpha value is 0.940. The molecule has 1 unspecified atom stereocenters. The molecule has 0 aliphatic rings. The first-order valence-corrected chi connectivity index (χ1v) is 6.88. The van der Waals surface area contributed by atoms with E-state index in [0.29, 0.717) is 18.9 Å². The SMILES string of the molecule is CCC(=O)O.CCCCC(CC)COC(=O)CC.[H-].[H-].[Na+].[Na+]. The van der Waals surface area contributed by atoms with Crippen LogP contribution in [0.5, 0.6) is 0 Å². The molecule has 0 aliphatic heterocycles. The fraction of sp³-hybridized carbons (Fsp3) is 0.857. The Morgan fingerprint density at radius 2 is 1.60 bits per heavy atom. The first kappa shape index (κ1) is 29.0. The summed E-state index contributed by atoms with van der Waals surface area (Å²) in [4.78, 5) is 20.3. The summed E-state index contributed by atoms with van der Waals surface area (Å²) in [5.41, 5.74) is 0. The minimum Gasteiger partial charge on any atom is -1.00 e. The van der Waals surface area contributed by atoms with E-state index >= 15 is 0 Å². The van der Waals surface area contributed by atoms with Gasteiger partial charge in [0.2, 0.25) is 0 Å². The largest absolute Gasteiger partial charge is 1.00 e. The van der Waals surface area contributed by atoms with Crippen LogP contribution in [-0.4, -0.2) is 23.7 Å². The van der Waals surface area contributed by atoms with E-state index in [9.17, 15) is 9.59 Å². The van der Waals surface area contributed by atoms with Crippen molar-refractivity contribution in [3.8, 4) is 0 Å². The molecule has 0 saturated heterocycles. The Balaban J connectivity index is -0.0000000627. The molecule has 0 saturated carbocycles. The number of carboxylic acids is 1. The molecule has 6 heteroatoms. The molecule has 1 N–H and O–H groups in total. The van der Waals surface area contributed by atoms with Crippen molar-refractivity contribution in [2.45, 2.75) is 66.2 Å². The Morgan fingerprint density at radius 3 is 1.90 bits per heavy atom. The molecule has 112 valence electrons. The second kappa shape index (κ2) is 22.2. The van der Waals surface area contributed by atoms with Crippen molar-refractivity contribution in [3.05, 3.63) is 0 Å². The van der Waals surface area contributed by atoms with Gasteiger partial charge in [0.25, 0.3) is 0 Å². The van der Waals surface area contributed by atoms with Gasteiger partial charge < -0.3 is 12.7 Å². The molecule has 1 atom stereocenters. The van der Waals surface area contributed by atoms with E-state index in [1.54, 1.807) is 6.92 Å². The zero-order valence-corrected chi connectivity index (χ0v) is 18.2. The first-order chi connectivity index (χ1) is 8.51. The summed E-state index contributed by atoms with van der Waals surface area (Å²) in [7, 11) is 0. The number of hydrogen-bond acceptors (Lipinski definition) is 3. The molecule has 0 radical (unpaired) electrons. The standard InChI is InChI=1S/C11H22O2.C3H6O2.2Na.2H/c1-4-7-8-10(5-2)9-13-11(12)6-3;1-2-3(4)5;;;;/h10H,4-9H2,1-3H3;2H2,1H3,(H,4,5);;;;/q;;2*+1;2*-1. The van der Waals surface area contributed by atoms with Gasteiger partial charge >= 0.3 is 71.1 Å². The number of hydrogen-bond donors (Lipinski definition) is 1. The van der Waals surface area contributed by atoms with Crippen molar-refractivity contribution in [1.82, 2.24) is 0 Å².